The molecular weight excluding hydrogens is 224 g/mol. The normalized spacial score (nSPS) is 26.5. The molecule has 0 aromatic carbocycles. The molecule has 1 aliphatic rings. The lowest BCUT2D eigenvalue weighted by Crippen LogP contribution is -2.39. The lowest BCUT2D eigenvalue weighted by Gasteiger charge is -2.31. The first-order valence-corrected chi connectivity index (χ1v) is 8.01. The fourth-order valence-electron chi connectivity index (χ4n) is 2.19. The van der Waals surface area contributed by atoms with E-state index in [1.54, 1.807) is 0 Å². The van der Waals surface area contributed by atoms with Crippen LogP contribution in [0.2, 0.25) is 0 Å². The second-order valence-electron chi connectivity index (χ2n) is 5.24. The Morgan fingerprint density at radius 3 is 2.56 bits per heavy atom. The van der Waals surface area contributed by atoms with Crippen molar-refractivity contribution in [2.45, 2.75) is 20.3 Å². The molecule has 0 saturated carbocycles. The maximum absolute atomic E-state index is 11.1. The number of hydrogen-bond acceptors (Lipinski definition) is 4. The highest BCUT2D eigenvalue weighted by Gasteiger charge is 2.30. The summed E-state index contributed by atoms with van der Waals surface area (Å²) < 4.78 is 22.3. The first-order valence-electron chi connectivity index (χ1n) is 5.95. The largest absolute Gasteiger partial charge is 0.316 e. The molecule has 0 aliphatic carbocycles. The van der Waals surface area contributed by atoms with E-state index in [1.165, 1.54) is 12.7 Å². The molecule has 0 spiro atoms. The maximum atomic E-state index is 11.1. The summed E-state index contributed by atoms with van der Waals surface area (Å²) in [7, 11) is -2.84. The van der Waals surface area contributed by atoms with E-state index in [4.69, 9.17) is 0 Å². The summed E-state index contributed by atoms with van der Waals surface area (Å²) in [6, 6.07) is 0. The molecule has 1 atom stereocenters. The van der Waals surface area contributed by atoms with Crippen molar-refractivity contribution in [3.05, 3.63) is 0 Å². The average Bonchev–Trinajstić information content (AvgIpc) is 2.58. The number of nitrogens with zero attached hydrogens (tertiary/aromatic N) is 1. The number of sulfone groups is 1. The molecule has 1 unspecified atom stereocenters. The van der Waals surface area contributed by atoms with Crippen molar-refractivity contribution in [1.82, 2.24) is 10.2 Å². The van der Waals surface area contributed by atoms with Gasteiger partial charge in [-0.25, -0.2) is 8.42 Å². The molecule has 1 rings (SSSR count). The molecule has 1 heterocycles. The summed E-state index contributed by atoms with van der Waals surface area (Å²) in [4.78, 5) is 2.24. The Bertz CT molecular complexity index is 308. The molecule has 0 amide bonds. The number of rotatable bonds is 6. The zero-order valence-electron chi connectivity index (χ0n) is 10.6. The highest BCUT2D eigenvalue weighted by atomic mass is 32.2. The second-order valence-corrected chi connectivity index (χ2v) is 7.50. The highest BCUT2D eigenvalue weighted by Crippen LogP contribution is 2.25. The molecule has 4 nitrogen and oxygen atoms in total. The molecule has 1 aliphatic heterocycles. The smallest absolute Gasteiger partial charge is 0.148 e. The van der Waals surface area contributed by atoms with Gasteiger partial charge in [0.1, 0.15) is 9.84 Å². The van der Waals surface area contributed by atoms with E-state index in [2.05, 4.69) is 24.1 Å². The van der Waals surface area contributed by atoms with Gasteiger partial charge in [0.05, 0.1) is 5.75 Å². The van der Waals surface area contributed by atoms with Crippen LogP contribution in [0.1, 0.15) is 20.3 Å². The predicted octanol–water partition coefficient (Wildman–Crippen LogP) is 0.353. The fraction of sp³-hybridized carbons (Fsp3) is 1.00. The Balaban J connectivity index is 2.42. The Hall–Kier alpha value is -0.130. The Labute approximate surface area is 99.3 Å². The third-order valence-corrected chi connectivity index (χ3v) is 4.21. The van der Waals surface area contributed by atoms with E-state index in [0.29, 0.717) is 12.0 Å². The van der Waals surface area contributed by atoms with Crippen LogP contribution in [0.5, 0.6) is 0 Å². The van der Waals surface area contributed by atoms with E-state index >= 15 is 0 Å². The van der Waals surface area contributed by atoms with E-state index in [9.17, 15) is 8.42 Å². The summed E-state index contributed by atoms with van der Waals surface area (Å²) >= 11 is 0. The zero-order valence-corrected chi connectivity index (χ0v) is 11.4. The molecule has 1 saturated heterocycles. The molecule has 0 radical (unpaired) electrons. The maximum Gasteiger partial charge on any atom is 0.148 e. The molecule has 0 bridgehead atoms. The van der Waals surface area contributed by atoms with Crippen LogP contribution in [0.4, 0.5) is 0 Å². The van der Waals surface area contributed by atoms with Crippen molar-refractivity contribution >= 4 is 9.84 Å². The standard InChI is InChI=1S/C11H24N2O2S/c1-4-13(7-8-16(3,14)15)10-11(2)5-6-12-9-11/h12H,4-10H2,1-3H3. The molecule has 16 heavy (non-hydrogen) atoms. The van der Waals surface area contributed by atoms with Crippen LogP contribution in [0.3, 0.4) is 0 Å². The molecule has 0 aromatic rings. The molecule has 1 N–H and O–H groups in total. The topological polar surface area (TPSA) is 49.4 Å². The van der Waals surface area contributed by atoms with Crippen molar-refractivity contribution in [3.63, 3.8) is 0 Å². The summed E-state index contributed by atoms with van der Waals surface area (Å²) in [6.07, 6.45) is 2.49. The minimum Gasteiger partial charge on any atom is -0.316 e. The molecule has 0 aromatic heterocycles. The SMILES string of the molecule is CCN(CCS(C)(=O)=O)CC1(C)CCNC1. The van der Waals surface area contributed by atoms with Crippen molar-refractivity contribution < 1.29 is 8.42 Å². The third-order valence-electron chi connectivity index (χ3n) is 3.29. The van der Waals surface area contributed by atoms with Crippen LogP contribution in [0, 0.1) is 5.41 Å². The van der Waals surface area contributed by atoms with Gasteiger partial charge < -0.3 is 10.2 Å². The minimum atomic E-state index is -2.84. The lowest BCUT2D eigenvalue weighted by molar-refractivity contribution is 0.193. The van der Waals surface area contributed by atoms with Gasteiger partial charge in [0.25, 0.3) is 0 Å². The van der Waals surface area contributed by atoms with Crippen molar-refractivity contribution in [2.24, 2.45) is 5.41 Å². The Morgan fingerprint density at radius 1 is 1.44 bits per heavy atom. The first-order chi connectivity index (χ1) is 7.35. The van der Waals surface area contributed by atoms with Gasteiger partial charge >= 0.3 is 0 Å². The van der Waals surface area contributed by atoms with Gasteiger partial charge in [0.15, 0.2) is 0 Å². The molecular formula is C11H24N2O2S. The highest BCUT2D eigenvalue weighted by molar-refractivity contribution is 7.90. The van der Waals surface area contributed by atoms with Crippen LogP contribution in [-0.4, -0.2) is 58.1 Å². The number of nitrogens with one attached hydrogen (secondary N) is 1. The minimum absolute atomic E-state index is 0.268. The summed E-state index contributed by atoms with van der Waals surface area (Å²) in [6.45, 7) is 9.06. The van der Waals surface area contributed by atoms with Gasteiger partial charge in [-0.3, -0.25) is 0 Å². The predicted molar refractivity (Wildman–Crippen MR) is 67.4 cm³/mol. The van der Waals surface area contributed by atoms with Crippen LogP contribution >= 0.6 is 0 Å². The van der Waals surface area contributed by atoms with Crippen molar-refractivity contribution in [3.8, 4) is 0 Å². The third kappa shape index (κ3) is 4.80. The van der Waals surface area contributed by atoms with Crippen LogP contribution < -0.4 is 5.32 Å². The fourth-order valence-corrected chi connectivity index (χ4v) is 2.78. The van der Waals surface area contributed by atoms with E-state index in [1.807, 2.05) is 0 Å². The van der Waals surface area contributed by atoms with Gasteiger partial charge in [-0.1, -0.05) is 13.8 Å². The van der Waals surface area contributed by atoms with Gasteiger partial charge in [-0.15, -0.1) is 0 Å². The van der Waals surface area contributed by atoms with E-state index in [-0.39, 0.29) is 5.75 Å². The van der Waals surface area contributed by atoms with E-state index in [0.717, 1.165) is 26.2 Å². The molecule has 96 valence electrons. The van der Waals surface area contributed by atoms with Gasteiger partial charge in [-0.2, -0.15) is 0 Å². The van der Waals surface area contributed by atoms with Crippen molar-refractivity contribution in [1.29, 1.82) is 0 Å². The first kappa shape index (κ1) is 13.9. The Kier molecular flexibility index (Phi) is 4.76. The Morgan fingerprint density at radius 2 is 2.12 bits per heavy atom. The zero-order chi connectivity index (χ0) is 12.2. The molecule has 1 fully saturated rings. The van der Waals surface area contributed by atoms with Gasteiger partial charge in [0.2, 0.25) is 0 Å². The monoisotopic (exact) mass is 248 g/mol. The number of hydrogen-bond donors (Lipinski definition) is 1. The van der Waals surface area contributed by atoms with E-state index < -0.39 is 9.84 Å². The quantitative estimate of drug-likeness (QED) is 0.737. The lowest BCUT2D eigenvalue weighted by atomic mass is 9.89. The summed E-state index contributed by atoms with van der Waals surface area (Å²) in [5.74, 6) is 0.268. The summed E-state index contributed by atoms with van der Waals surface area (Å²) in [5, 5.41) is 3.37. The van der Waals surface area contributed by atoms with Crippen LogP contribution in [0.25, 0.3) is 0 Å². The average molecular weight is 248 g/mol. The second kappa shape index (κ2) is 5.47. The summed E-state index contributed by atoms with van der Waals surface area (Å²) in [5.41, 5.74) is 0.313. The van der Waals surface area contributed by atoms with Crippen molar-refractivity contribution in [2.75, 3.05) is 44.7 Å². The van der Waals surface area contributed by atoms with Gasteiger partial charge in [0, 0.05) is 25.9 Å². The van der Waals surface area contributed by atoms with Gasteiger partial charge in [-0.05, 0) is 24.9 Å². The molecule has 5 heteroatoms. The van der Waals surface area contributed by atoms with Crippen LogP contribution in [-0.2, 0) is 9.84 Å². The van der Waals surface area contributed by atoms with Crippen LogP contribution in [0.15, 0.2) is 0 Å².